The Bertz CT molecular complexity index is 832. The second kappa shape index (κ2) is 9.37. The van der Waals surface area contributed by atoms with Crippen LogP contribution >= 0.6 is 11.6 Å². The van der Waals surface area contributed by atoms with E-state index in [1.807, 2.05) is 30.3 Å². The van der Waals surface area contributed by atoms with E-state index in [0.717, 1.165) is 5.69 Å². The first-order chi connectivity index (χ1) is 13.5. The molecule has 1 heterocycles. The van der Waals surface area contributed by atoms with Gasteiger partial charge in [0.15, 0.2) is 0 Å². The van der Waals surface area contributed by atoms with Crippen molar-refractivity contribution in [2.45, 2.75) is 12.8 Å². The summed E-state index contributed by atoms with van der Waals surface area (Å²) in [6, 6.07) is 15.8. The summed E-state index contributed by atoms with van der Waals surface area (Å²) in [5.41, 5.74) is 1.23. The maximum atomic E-state index is 12.4. The maximum Gasteiger partial charge on any atom is 0.251 e. The summed E-state index contributed by atoms with van der Waals surface area (Å²) in [5.74, 6) is -0.603. The fraction of sp³-hybridized carbons (Fsp3) is 0.286. The first kappa shape index (κ1) is 19.9. The van der Waals surface area contributed by atoms with Crippen molar-refractivity contribution in [3.8, 4) is 0 Å². The Morgan fingerprint density at radius 2 is 1.61 bits per heavy atom. The third-order valence-corrected chi connectivity index (χ3v) is 5.02. The highest BCUT2D eigenvalue weighted by atomic mass is 35.5. The third-order valence-electron chi connectivity index (χ3n) is 4.77. The zero-order chi connectivity index (χ0) is 19.9. The lowest BCUT2D eigenvalue weighted by Crippen LogP contribution is -2.45. The number of piperidine rings is 1. The normalized spacial score (nSPS) is 14.4. The van der Waals surface area contributed by atoms with Crippen LogP contribution in [0.1, 0.15) is 23.2 Å². The highest BCUT2D eigenvalue weighted by Crippen LogP contribution is 2.19. The number of benzene rings is 2. The largest absolute Gasteiger partial charge is 0.343 e. The number of carbonyl (C=O) groups excluding carboxylic acids is 3. The van der Waals surface area contributed by atoms with Crippen molar-refractivity contribution < 1.29 is 14.4 Å². The Morgan fingerprint density at radius 3 is 2.25 bits per heavy atom. The minimum absolute atomic E-state index is 0.0191. The number of nitrogens with zero attached hydrogens (tertiary/aromatic N) is 1. The van der Waals surface area contributed by atoms with Gasteiger partial charge >= 0.3 is 0 Å². The van der Waals surface area contributed by atoms with E-state index in [0.29, 0.717) is 36.5 Å². The Hall–Kier alpha value is -2.86. The fourth-order valence-electron chi connectivity index (χ4n) is 3.13. The van der Waals surface area contributed by atoms with Gasteiger partial charge in [-0.05, 0) is 49.2 Å². The molecule has 0 aliphatic carbocycles. The number of para-hydroxylation sites is 1. The molecule has 3 amide bonds. The zero-order valence-corrected chi connectivity index (χ0v) is 16.1. The molecule has 2 aromatic rings. The average Bonchev–Trinajstić information content (AvgIpc) is 2.73. The predicted octanol–water partition coefficient (Wildman–Crippen LogP) is 2.95. The van der Waals surface area contributed by atoms with Crippen LogP contribution in [0.2, 0.25) is 5.02 Å². The van der Waals surface area contributed by atoms with Crippen molar-refractivity contribution in [3.05, 3.63) is 65.2 Å². The van der Waals surface area contributed by atoms with Crippen molar-refractivity contribution in [1.29, 1.82) is 0 Å². The minimum atomic E-state index is -0.317. The highest BCUT2D eigenvalue weighted by molar-refractivity contribution is 6.30. The summed E-state index contributed by atoms with van der Waals surface area (Å²) in [6.07, 6.45) is 1.21. The van der Waals surface area contributed by atoms with Gasteiger partial charge in [0.2, 0.25) is 11.8 Å². The third kappa shape index (κ3) is 5.33. The quantitative estimate of drug-likeness (QED) is 0.811. The zero-order valence-electron chi connectivity index (χ0n) is 15.4. The van der Waals surface area contributed by atoms with E-state index in [1.165, 1.54) is 0 Å². The van der Waals surface area contributed by atoms with Crippen LogP contribution < -0.4 is 10.6 Å². The van der Waals surface area contributed by atoms with Crippen LogP contribution in [0.5, 0.6) is 0 Å². The predicted molar refractivity (Wildman–Crippen MR) is 108 cm³/mol. The molecule has 6 nitrogen and oxygen atoms in total. The molecule has 1 fully saturated rings. The number of amides is 3. The smallest absolute Gasteiger partial charge is 0.251 e. The molecule has 7 heteroatoms. The molecular formula is C21H22ClN3O3. The van der Waals surface area contributed by atoms with Crippen LogP contribution in [-0.2, 0) is 9.59 Å². The molecule has 1 aliphatic rings. The van der Waals surface area contributed by atoms with E-state index in [-0.39, 0.29) is 30.2 Å². The van der Waals surface area contributed by atoms with Crippen LogP contribution in [-0.4, -0.2) is 42.3 Å². The minimum Gasteiger partial charge on any atom is -0.343 e. The Morgan fingerprint density at radius 1 is 0.964 bits per heavy atom. The summed E-state index contributed by atoms with van der Waals surface area (Å²) in [4.78, 5) is 38.5. The van der Waals surface area contributed by atoms with E-state index < -0.39 is 0 Å². The Labute approximate surface area is 168 Å². The molecular weight excluding hydrogens is 378 g/mol. The van der Waals surface area contributed by atoms with E-state index >= 15 is 0 Å². The van der Waals surface area contributed by atoms with Crippen molar-refractivity contribution >= 4 is 35.0 Å². The number of hydrogen-bond acceptors (Lipinski definition) is 3. The molecule has 1 saturated heterocycles. The summed E-state index contributed by atoms with van der Waals surface area (Å²) in [5, 5.41) is 6.09. The molecule has 1 aliphatic heterocycles. The Balaban J connectivity index is 1.42. The monoisotopic (exact) mass is 399 g/mol. The topological polar surface area (TPSA) is 78.5 Å². The second-order valence-corrected chi connectivity index (χ2v) is 7.14. The van der Waals surface area contributed by atoms with E-state index in [2.05, 4.69) is 10.6 Å². The molecule has 2 N–H and O–H groups in total. The van der Waals surface area contributed by atoms with Gasteiger partial charge < -0.3 is 15.5 Å². The number of likely N-dealkylation sites (tertiary alicyclic amines) is 1. The van der Waals surface area contributed by atoms with Gasteiger partial charge in [-0.25, -0.2) is 0 Å². The molecule has 0 atom stereocenters. The lowest BCUT2D eigenvalue weighted by molar-refractivity contribution is -0.133. The van der Waals surface area contributed by atoms with Crippen LogP contribution in [0.4, 0.5) is 5.69 Å². The van der Waals surface area contributed by atoms with E-state index in [9.17, 15) is 14.4 Å². The van der Waals surface area contributed by atoms with Gasteiger partial charge in [-0.3, -0.25) is 14.4 Å². The van der Waals surface area contributed by atoms with Crippen molar-refractivity contribution in [3.63, 3.8) is 0 Å². The summed E-state index contributed by atoms with van der Waals surface area (Å²) < 4.78 is 0. The highest BCUT2D eigenvalue weighted by Gasteiger charge is 2.27. The lowest BCUT2D eigenvalue weighted by atomic mass is 9.95. The number of nitrogens with one attached hydrogen (secondary N) is 2. The summed E-state index contributed by atoms with van der Waals surface area (Å²) in [7, 11) is 0. The summed E-state index contributed by atoms with van der Waals surface area (Å²) >= 11 is 5.80. The molecule has 3 rings (SSSR count). The molecule has 0 unspecified atom stereocenters. The van der Waals surface area contributed by atoms with Gasteiger partial charge in [-0.15, -0.1) is 0 Å². The molecule has 0 aromatic heterocycles. The van der Waals surface area contributed by atoms with Crippen LogP contribution in [0, 0.1) is 5.92 Å². The average molecular weight is 400 g/mol. The summed E-state index contributed by atoms with van der Waals surface area (Å²) in [6.45, 7) is 0.938. The number of halogens is 1. The number of hydrogen-bond donors (Lipinski definition) is 2. The van der Waals surface area contributed by atoms with Crippen molar-refractivity contribution in [2.75, 3.05) is 25.0 Å². The van der Waals surface area contributed by atoms with Gasteiger partial charge in [0.05, 0.1) is 6.54 Å². The molecule has 2 aromatic carbocycles. The van der Waals surface area contributed by atoms with Crippen molar-refractivity contribution in [1.82, 2.24) is 10.2 Å². The van der Waals surface area contributed by atoms with Crippen LogP contribution in [0.15, 0.2) is 54.6 Å². The number of anilines is 1. The lowest BCUT2D eigenvalue weighted by Gasteiger charge is -2.31. The SMILES string of the molecule is O=C(NCC(=O)N1CCC(C(=O)Nc2ccccc2)CC1)c1ccc(Cl)cc1. The molecule has 28 heavy (non-hydrogen) atoms. The van der Waals surface area contributed by atoms with Gasteiger partial charge in [-0.2, -0.15) is 0 Å². The standard InChI is InChI=1S/C21H22ClN3O3/c22-17-8-6-15(7-9-17)20(27)23-14-19(26)25-12-10-16(11-13-25)21(28)24-18-4-2-1-3-5-18/h1-9,16H,10-14H2,(H,23,27)(H,24,28). The molecule has 146 valence electrons. The molecule has 0 radical (unpaired) electrons. The van der Waals surface area contributed by atoms with E-state index in [4.69, 9.17) is 11.6 Å². The molecule has 0 spiro atoms. The first-order valence-corrected chi connectivity index (χ1v) is 9.58. The second-order valence-electron chi connectivity index (χ2n) is 6.70. The first-order valence-electron chi connectivity index (χ1n) is 9.20. The number of carbonyl (C=O) groups is 3. The van der Waals surface area contributed by atoms with Gasteiger partial charge in [0.1, 0.15) is 0 Å². The van der Waals surface area contributed by atoms with Crippen LogP contribution in [0.25, 0.3) is 0 Å². The Kier molecular flexibility index (Phi) is 6.66. The maximum absolute atomic E-state index is 12.4. The molecule has 0 bridgehead atoms. The van der Waals surface area contributed by atoms with Gasteiger partial charge in [0, 0.05) is 35.3 Å². The number of rotatable bonds is 5. The fourth-order valence-corrected chi connectivity index (χ4v) is 3.25. The van der Waals surface area contributed by atoms with Crippen molar-refractivity contribution in [2.24, 2.45) is 5.92 Å². The van der Waals surface area contributed by atoms with Gasteiger partial charge in [-0.1, -0.05) is 29.8 Å². The van der Waals surface area contributed by atoms with Gasteiger partial charge in [0.25, 0.3) is 5.91 Å². The van der Waals surface area contributed by atoms with E-state index in [1.54, 1.807) is 29.2 Å². The van der Waals surface area contributed by atoms with Crippen LogP contribution in [0.3, 0.4) is 0 Å². The molecule has 0 saturated carbocycles.